The highest BCUT2D eigenvalue weighted by Crippen LogP contribution is 2.32. The monoisotopic (exact) mass is 427 g/mol. The van der Waals surface area contributed by atoms with Crippen LogP contribution in [-0.2, 0) is 17.5 Å². The van der Waals surface area contributed by atoms with Gasteiger partial charge in [0.25, 0.3) is 0 Å². The summed E-state index contributed by atoms with van der Waals surface area (Å²) in [5.41, 5.74) is 1.46. The van der Waals surface area contributed by atoms with Gasteiger partial charge in [0.1, 0.15) is 0 Å². The first-order valence-corrected chi connectivity index (χ1v) is 10.9. The van der Waals surface area contributed by atoms with Crippen molar-refractivity contribution in [1.82, 2.24) is 4.90 Å². The predicted octanol–water partition coefficient (Wildman–Crippen LogP) is 6.64. The molecule has 1 aliphatic heterocycles. The third-order valence-corrected chi connectivity index (χ3v) is 6.28. The second-order valence-electron chi connectivity index (χ2n) is 8.44. The molecule has 3 aromatic carbocycles. The Bertz CT molecular complexity index is 1010. The van der Waals surface area contributed by atoms with Gasteiger partial charge >= 0.3 is 6.18 Å². The molecular weight excluding hydrogens is 399 g/mol. The molecule has 0 aromatic heterocycles. The van der Waals surface area contributed by atoms with Crippen LogP contribution in [0.5, 0.6) is 0 Å². The summed E-state index contributed by atoms with van der Waals surface area (Å²) in [6, 6.07) is 20.8. The van der Waals surface area contributed by atoms with E-state index in [9.17, 15) is 13.2 Å². The minimum Gasteiger partial charge on any atom is -0.378 e. The number of benzene rings is 3. The van der Waals surface area contributed by atoms with Crippen LogP contribution in [0.4, 0.5) is 13.2 Å². The van der Waals surface area contributed by atoms with E-state index in [-0.39, 0.29) is 6.04 Å². The normalized spacial score (nSPS) is 18.9. The summed E-state index contributed by atoms with van der Waals surface area (Å²) >= 11 is 0. The number of halogens is 3. The summed E-state index contributed by atoms with van der Waals surface area (Å²) in [5, 5.41) is 2.54. The first kappa shape index (κ1) is 21.8. The van der Waals surface area contributed by atoms with E-state index in [1.165, 1.54) is 28.5 Å². The average molecular weight is 428 g/mol. The molecule has 164 valence electrons. The van der Waals surface area contributed by atoms with Gasteiger partial charge in [-0.3, -0.25) is 4.90 Å². The molecule has 0 spiro atoms. The smallest absolute Gasteiger partial charge is 0.378 e. The zero-order valence-electron chi connectivity index (χ0n) is 17.7. The van der Waals surface area contributed by atoms with Gasteiger partial charge in [-0.2, -0.15) is 13.2 Å². The Morgan fingerprint density at radius 1 is 1.03 bits per heavy atom. The van der Waals surface area contributed by atoms with Crippen molar-refractivity contribution in [3.8, 4) is 0 Å². The maximum absolute atomic E-state index is 13.1. The fourth-order valence-electron chi connectivity index (χ4n) is 4.52. The van der Waals surface area contributed by atoms with E-state index in [1.807, 2.05) is 0 Å². The van der Waals surface area contributed by atoms with Gasteiger partial charge in [0.05, 0.1) is 18.8 Å². The lowest BCUT2D eigenvalue weighted by atomic mass is 9.90. The molecule has 0 amide bonds. The second kappa shape index (κ2) is 9.41. The fourth-order valence-corrected chi connectivity index (χ4v) is 4.52. The lowest BCUT2D eigenvalue weighted by Gasteiger charge is -2.36. The van der Waals surface area contributed by atoms with Gasteiger partial charge in [-0.15, -0.1) is 0 Å². The lowest BCUT2D eigenvalue weighted by Crippen LogP contribution is -2.44. The minimum absolute atomic E-state index is 0.209. The molecule has 1 heterocycles. The van der Waals surface area contributed by atoms with E-state index in [0.29, 0.717) is 31.2 Å². The van der Waals surface area contributed by atoms with Gasteiger partial charge in [0.2, 0.25) is 0 Å². The minimum atomic E-state index is -4.31. The molecular formula is C26H28F3NO. The van der Waals surface area contributed by atoms with E-state index in [0.717, 1.165) is 25.5 Å². The van der Waals surface area contributed by atoms with Crippen LogP contribution in [-0.4, -0.2) is 30.7 Å². The standard InChI is InChI=1S/C26H28F3NO/c1-19(24-11-5-8-21-7-2-3-10-25(21)24)12-13-23-18-31-15-14-30(23)17-20-6-4-9-22(16-20)26(27,28)29/h2-11,16,19,23H,12-15,17-18H2,1H3/t19-,23?/m0/s1. The average Bonchev–Trinajstić information content (AvgIpc) is 2.77. The largest absolute Gasteiger partial charge is 0.416 e. The van der Waals surface area contributed by atoms with E-state index in [1.54, 1.807) is 6.07 Å². The van der Waals surface area contributed by atoms with Crippen LogP contribution in [0.15, 0.2) is 66.7 Å². The van der Waals surface area contributed by atoms with Gasteiger partial charge in [0.15, 0.2) is 0 Å². The molecule has 1 fully saturated rings. The molecule has 5 heteroatoms. The number of hydrogen-bond acceptors (Lipinski definition) is 2. The Morgan fingerprint density at radius 3 is 2.65 bits per heavy atom. The molecule has 3 aromatic rings. The number of alkyl halides is 3. The van der Waals surface area contributed by atoms with Crippen molar-refractivity contribution in [2.45, 2.75) is 44.4 Å². The molecule has 0 bridgehead atoms. The number of nitrogens with zero attached hydrogens (tertiary/aromatic N) is 1. The van der Waals surface area contributed by atoms with Crippen LogP contribution in [0.2, 0.25) is 0 Å². The van der Waals surface area contributed by atoms with Crippen LogP contribution < -0.4 is 0 Å². The summed E-state index contributed by atoms with van der Waals surface area (Å²) in [6.07, 6.45) is -2.36. The first-order chi connectivity index (χ1) is 14.9. The SMILES string of the molecule is C[C@@H](CCC1COCCN1Cc1cccc(C(F)(F)F)c1)c1cccc2ccccc12. The van der Waals surface area contributed by atoms with Crippen LogP contribution in [0.25, 0.3) is 10.8 Å². The number of hydrogen-bond donors (Lipinski definition) is 0. The van der Waals surface area contributed by atoms with Crippen molar-refractivity contribution in [2.75, 3.05) is 19.8 Å². The Morgan fingerprint density at radius 2 is 1.81 bits per heavy atom. The molecule has 4 rings (SSSR count). The molecule has 2 nitrogen and oxygen atoms in total. The number of ether oxygens (including phenoxy) is 1. The number of fused-ring (bicyclic) bond motifs is 1. The third kappa shape index (κ3) is 5.28. The van der Waals surface area contributed by atoms with Crippen molar-refractivity contribution >= 4 is 10.8 Å². The Balaban J connectivity index is 1.43. The second-order valence-corrected chi connectivity index (χ2v) is 8.44. The van der Waals surface area contributed by atoms with Gasteiger partial charge in [-0.1, -0.05) is 67.6 Å². The zero-order chi connectivity index (χ0) is 21.8. The summed E-state index contributed by atoms with van der Waals surface area (Å²) in [5.74, 6) is 0.392. The summed E-state index contributed by atoms with van der Waals surface area (Å²) < 4.78 is 44.9. The quantitative estimate of drug-likeness (QED) is 0.437. The molecule has 1 aliphatic rings. The maximum atomic E-state index is 13.1. The molecule has 0 radical (unpaired) electrons. The van der Waals surface area contributed by atoms with E-state index in [4.69, 9.17) is 4.74 Å². The maximum Gasteiger partial charge on any atom is 0.416 e. The summed E-state index contributed by atoms with van der Waals surface area (Å²) in [7, 11) is 0. The molecule has 0 saturated carbocycles. The van der Waals surface area contributed by atoms with Gasteiger partial charge in [0, 0.05) is 19.1 Å². The number of morpholine rings is 1. The summed E-state index contributed by atoms with van der Waals surface area (Å²) in [4.78, 5) is 2.27. The molecule has 1 unspecified atom stereocenters. The van der Waals surface area contributed by atoms with E-state index in [2.05, 4.69) is 54.3 Å². The highest BCUT2D eigenvalue weighted by Gasteiger charge is 2.31. The van der Waals surface area contributed by atoms with Crippen molar-refractivity contribution in [1.29, 1.82) is 0 Å². The van der Waals surface area contributed by atoms with E-state index >= 15 is 0 Å². The predicted molar refractivity (Wildman–Crippen MR) is 118 cm³/mol. The van der Waals surface area contributed by atoms with Crippen LogP contribution in [0.1, 0.15) is 42.4 Å². The van der Waals surface area contributed by atoms with Crippen LogP contribution >= 0.6 is 0 Å². The molecule has 1 saturated heterocycles. The summed E-state index contributed by atoms with van der Waals surface area (Å²) in [6.45, 7) is 4.75. The highest BCUT2D eigenvalue weighted by atomic mass is 19.4. The number of rotatable bonds is 6. The van der Waals surface area contributed by atoms with Gasteiger partial charge in [-0.25, -0.2) is 0 Å². The zero-order valence-corrected chi connectivity index (χ0v) is 17.7. The van der Waals surface area contributed by atoms with E-state index < -0.39 is 11.7 Å². The molecule has 0 N–H and O–H groups in total. The molecule has 0 aliphatic carbocycles. The van der Waals surface area contributed by atoms with Crippen LogP contribution in [0, 0.1) is 0 Å². The first-order valence-electron chi connectivity index (χ1n) is 10.9. The van der Waals surface area contributed by atoms with Crippen molar-refractivity contribution < 1.29 is 17.9 Å². The third-order valence-electron chi connectivity index (χ3n) is 6.28. The highest BCUT2D eigenvalue weighted by molar-refractivity contribution is 5.86. The van der Waals surface area contributed by atoms with Crippen molar-refractivity contribution in [3.05, 3.63) is 83.4 Å². The van der Waals surface area contributed by atoms with Gasteiger partial charge < -0.3 is 4.74 Å². The van der Waals surface area contributed by atoms with Crippen molar-refractivity contribution in [2.24, 2.45) is 0 Å². The van der Waals surface area contributed by atoms with Gasteiger partial charge in [-0.05, 0) is 46.7 Å². The lowest BCUT2D eigenvalue weighted by molar-refractivity contribution is -0.137. The Labute approximate surface area is 181 Å². The Kier molecular flexibility index (Phi) is 6.63. The Hall–Kier alpha value is -2.37. The van der Waals surface area contributed by atoms with Crippen LogP contribution in [0.3, 0.4) is 0 Å². The van der Waals surface area contributed by atoms with Crippen molar-refractivity contribution in [3.63, 3.8) is 0 Å². The molecule has 31 heavy (non-hydrogen) atoms. The fraction of sp³-hybridized carbons (Fsp3) is 0.385. The topological polar surface area (TPSA) is 12.5 Å². The molecule has 2 atom stereocenters.